The monoisotopic (exact) mass is 1860 g/mol. The molecule has 9 heteroatoms. The molecule has 32 aromatic rings. The van der Waals surface area contributed by atoms with Gasteiger partial charge < -0.3 is 37.9 Å². The number of rotatable bonds is 39. The molecule has 9 nitrogen and oxygen atoms in total. The fraction of sp³-hybridized carbons (Fsp3) is 0.343. The Kier molecular flexibility index (Phi) is 13.9. The van der Waals surface area contributed by atoms with Crippen LogP contribution in [0.3, 0.4) is 0 Å². The second-order valence-corrected chi connectivity index (χ2v) is 48.3. The zero-order valence-corrected chi connectivity index (χ0v) is 85.0. The van der Waals surface area contributed by atoms with Crippen molar-refractivity contribution in [3.63, 3.8) is 0 Å². The van der Waals surface area contributed by atoms with Gasteiger partial charge in [0.05, 0.1) is 69.7 Å². The first-order chi connectivity index (χ1) is 69.8. The minimum absolute atomic E-state index is 0.201. The average Bonchev–Trinajstić information content (AvgIpc) is 1.38. The summed E-state index contributed by atoms with van der Waals surface area (Å²) >= 11 is 0. The summed E-state index contributed by atoms with van der Waals surface area (Å²) in [4.78, 5) is 2.96. The van der Waals surface area contributed by atoms with E-state index < -0.39 is 10.8 Å². The number of benzene rings is 22. The third-order valence-corrected chi connectivity index (χ3v) is 41.0. The Balaban J connectivity index is 0.583. The Morgan fingerprint density at radius 2 is 0.385 bits per heavy atom. The maximum atomic E-state index is 8.05. The largest absolute Gasteiger partial charge is 0.493 e. The van der Waals surface area contributed by atoms with Gasteiger partial charge in [0.2, 0.25) is 0 Å². The second kappa shape index (κ2) is 25.1. The van der Waals surface area contributed by atoms with Crippen LogP contribution in [0.4, 0.5) is 0 Å². The first-order valence-electron chi connectivity index (χ1n) is 55.1. The highest BCUT2D eigenvalue weighted by molar-refractivity contribution is 6.82. The van der Waals surface area contributed by atoms with E-state index in [1.807, 2.05) is 0 Å². The predicted octanol–water partition coefficient (Wildman–Crippen LogP) is 36.2. The van der Waals surface area contributed by atoms with Gasteiger partial charge in [-0.05, 0) is 429 Å². The van der Waals surface area contributed by atoms with Crippen LogP contribution in [-0.2, 0) is 10.8 Å². The van der Waals surface area contributed by atoms with Gasteiger partial charge in [-0.1, -0.05) is 199 Å². The molecule has 5 aliphatic rings. The third-order valence-electron chi connectivity index (χ3n) is 41.0. The van der Waals surface area contributed by atoms with Gasteiger partial charge in [-0.2, -0.15) is 0 Å². The normalized spacial score (nSPS) is 19.6. The van der Waals surface area contributed by atoms with Gasteiger partial charge in [-0.15, -0.1) is 0 Å². The van der Waals surface area contributed by atoms with Crippen molar-refractivity contribution in [1.82, 2.24) is 4.90 Å². The molecule has 32 aromatic carbocycles. The molecule has 1 fully saturated rings. The molecule has 9 atom stereocenters. The fourth-order valence-corrected chi connectivity index (χ4v) is 33.3. The number of aryl methyl sites for hydroxylation is 1. The topological polar surface area (TPSA) is 77.1 Å². The smallest absolute Gasteiger partial charge is 0.127 e. The molecule has 1 unspecified atom stereocenters. The van der Waals surface area contributed by atoms with Gasteiger partial charge in [0.25, 0.3) is 0 Å². The van der Waals surface area contributed by atoms with Crippen molar-refractivity contribution in [2.24, 2.45) is 47.3 Å². The van der Waals surface area contributed by atoms with E-state index in [1.54, 1.807) is 313 Å². The van der Waals surface area contributed by atoms with Crippen LogP contribution in [0.5, 0.6) is 46.0 Å². The molecule has 1 aliphatic heterocycles. The van der Waals surface area contributed by atoms with Crippen LogP contribution >= 0.6 is 0 Å². The van der Waals surface area contributed by atoms with Crippen LogP contribution in [-0.4, -0.2) is 71.3 Å². The molecule has 0 N–H and O–H groups in total. The lowest BCUT2D eigenvalue weighted by atomic mass is 9.47. The van der Waals surface area contributed by atoms with Crippen LogP contribution < -0.4 is 37.9 Å². The van der Waals surface area contributed by atoms with E-state index in [2.05, 4.69) is 215 Å². The van der Waals surface area contributed by atoms with Gasteiger partial charge >= 0.3 is 0 Å². The SMILES string of the molecule is CC[C@H](C)COc1cc(/C=C/c2cc(OC[C@@H](C)CC)c(/C=C/c3cc(OC[C@@H](C)CC)c(/C=C/c4cc(OC[C@@H](C)CC)c(C5N(C)CC67c8c9c%10c%11c%12c%13c(c%14c%15c6c6c8c8c%16c9c9c%10c%10c%12c%12c%17c%13c%13c%14c%14c%15c%15c6c6c8c8c%16c%16c9c9c%10c%12c%10c%12c%17c%13c%13c%14c%14c%15c6c6c8c8c%16c9c%10c9c%12c%13c%14c6c89)C%1157)cc4OC[C@@H](C)CC)cc3OC[C@@H](C)CC)cc2OC[C@@H](C)CC)c(OC[C@@H](C)CC)cc1C. The lowest BCUT2D eigenvalue weighted by Crippen LogP contribution is -2.52. The van der Waals surface area contributed by atoms with E-state index in [9.17, 15) is 0 Å². The maximum absolute atomic E-state index is 8.05. The lowest BCUT2D eigenvalue weighted by Gasteiger charge is -2.52. The van der Waals surface area contributed by atoms with Crippen LogP contribution in [0, 0.1) is 54.3 Å². The molecule has 0 radical (unpaired) electrons. The van der Waals surface area contributed by atoms with Crippen LogP contribution in [0.2, 0.25) is 0 Å². The Hall–Kier alpha value is -13.1. The minimum Gasteiger partial charge on any atom is -0.493 e. The molecule has 0 aromatic heterocycles. The van der Waals surface area contributed by atoms with Crippen molar-refractivity contribution in [2.45, 2.75) is 186 Å². The van der Waals surface area contributed by atoms with E-state index >= 15 is 0 Å². The van der Waals surface area contributed by atoms with Gasteiger partial charge in [0, 0.05) is 45.5 Å². The number of hydrogen-bond acceptors (Lipinski definition) is 9. The summed E-state index contributed by atoms with van der Waals surface area (Å²) in [6.45, 7) is 44.2. The average molecular weight is 1860 g/mol. The molecule has 0 saturated carbocycles. The first kappa shape index (κ1) is 79.4. The molecule has 2 spiro atoms. The van der Waals surface area contributed by atoms with Gasteiger partial charge in [-0.25, -0.2) is 0 Å². The van der Waals surface area contributed by atoms with E-state index in [0.717, 1.165) is 143 Å². The standard InChI is InChI=1S/C134H111NO8/c1-19-50(9)41-136-66-34-59(67(33-58(66)17)137-42-51(10)20-2)27-28-60-35-69(139-44-53(12)22-4)61(36-68(60)138-43-52(11)21-3)29-30-62-37-71(141-46-55(14)24-6)63(38-70(62)140-45-54(13)23-5)31-32-64-39-73(143-48-57(16)26-8)65(40-72(64)142-47-56(15)25-7)132-134-130-124-118-108-96-88-80-76-74-75-78-82(80)90(96)100-94-86(78)87-79(75)83-81-77(74)85-84(76)92-98(88)106-112-102(92)103-93(85)99-89(81)97-91(83)101-95(87)105-104(94)116(110(100)118)126(130)127-117(105)111(101)119-109(97)115-107(99)113(103)121-120(112)128(122(124)114(106)108)133(134,49-135(132)18)129(121)123(115)125(119)131(127)134/h27-40,50-57,132H,19-26,41-49H2,1-18H3/b28-27+,30-29+,32-31+/t50-,51-,52-,53-,54-,55-,56-,57-,132?,133?,134?/m0/s1. The van der Waals surface area contributed by atoms with Crippen molar-refractivity contribution in [3.05, 3.63) is 115 Å². The summed E-state index contributed by atoms with van der Waals surface area (Å²) < 4.78 is 57.9. The number of likely N-dealkylation sites (N-methyl/N-ethyl adjacent to an activating group) is 1. The third kappa shape index (κ3) is 7.86. The molecule has 37 rings (SSSR count). The Bertz CT molecular complexity index is 10400. The second-order valence-electron chi connectivity index (χ2n) is 48.3. The van der Waals surface area contributed by atoms with Crippen LogP contribution in [0.1, 0.15) is 235 Å². The number of nitrogens with zero attached hydrogens (tertiary/aromatic N) is 1. The van der Waals surface area contributed by atoms with Gasteiger partial charge in [0.1, 0.15) is 46.0 Å². The summed E-state index contributed by atoms with van der Waals surface area (Å²) in [5.41, 5.74) is 13.5. The molecular weight excluding hydrogens is 1750 g/mol. The minimum atomic E-state index is -0.633. The van der Waals surface area contributed by atoms with Gasteiger partial charge in [-0.3, -0.25) is 4.90 Å². The lowest BCUT2D eigenvalue weighted by molar-refractivity contribution is 0.227. The van der Waals surface area contributed by atoms with E-state index in [1.165, 1.54) is 5.56 Å². The van der Waals surface area contributed by atoms with Crippen LogP contribution in [0.15, 0.2) is 48.5 Å². The molecule has 0 amide bonds. The van der Waals surface area contributed by atoms with Crippen molar-refractivity contribution in [2.75, 3.05) is 66.4 Å². The number of hydrogen-bond donors (Lipinski definition) is 0. The first-order valence-corrected chi connectivity index (χ1v) is 55.1. The Morgan fingerprint density at radius 3 is 0.594 bits per heavy atom. The molecule has 1 saturated heterocycles. The highest BCUT2D eigenvalue weighted by Crippen LogP contribution is 2.88. The van der Waals surface area contributed by atoms with Crippen LogP contribution in [0.25, 0.3) is 327 Å². The maximum Gasteiger partial charge on any atom is 0.127 e. The van der Waals surface area contributed by atoms with E-state index in [0.29, 0.717) is 100 Å². The zero-order chi connectivity index (χ0) is 95.1. The highest BCUT2D eigenvalue weighted by atomic mass is 16.5. The van der Waals surface area contributed by atoms with Crippen molar-refractivity contribution < 1.29 is 37.9 Å². The van der Waals surface area contributed by atoms with Crippen molar-refractivity contribution in [1.29, 1.82) is 0 Å². The predicted molar refractivity (Wildman–Crippen MR) is 606 cm³/mol. The summed E-state index contributed by atoms with van der Waals surface area (Å²) in [5.74, 6) is 9.37. The highest BCUT2D eigenvalue weighted by Gasteiger charge is 2.76. The Labute approximate surface area is 825 Å². The molecule has 4 aliphatic carbocycles. The molecule has 1 heterocycles. The number of likely N-dealkylation sites (tertiary alicyclic amines) is 1. The summed E-state index contributed by atoms with van der Waals surface area (Å²) in [5, 5.41) is 87.3. The molecule has 700 valence electrons. The Morgan fingerprint density at radius 1 is 0.224 bits per heavy atom. The summed E-state index contributed by atoms with van der Waals surface area (Å²) in [6.07, 6.45) is 21.5. The van der Waals surface area contributed by atoms with Crippen molar-refractivity contribution in [3.8, 4) is 46.0 Å². The molecule has 0 bridgehead atoms. The summed E-state index contributed by atoms with van der Waals surface area (Å²) in [7, 11) is 2.59. The molecular formula is C134H111NO8. The molecule has 143 heavy (non-hydrogen) atoms. The van der Waals surface area contributed by atoms with Gasteiger partial charge in [0.15, 0.2) is 0 Å². The quantitative estimate of drug-likeness (QED) is 0.0277. The summed E-state index contributed by atoms with van der Waals surface area (Å²) in [6, 6.07) is 18.1. The zero-order valence-electron chi connectivity index (χ0n) is 85.0. The van der Waals surface area contributed by atoms with E-state index in [4.69, 9.17) is 37.9 Å². The number of ether oxygens (including phenoxy) is 8. The fourth-order valence-electron chi connectivity index (χ4n) is 33.3. The van der Waals surface area contributed by atoms with Crippen molar-refractivity contribution >= 4 is 327 Å². The van der Waals surface area contributed by atoms with E-state index in [-0.39, 0.29) is 6.04 Å².